The molecule has 2 aliphatic rings. The van der Waals surface area contributed by atoms with Crippen LogP contribution in [0.5, 0.6) is 0 Å². The highest BCUT2D eigenvalue weighted by Gasteiger charge is 2.31. The van der Waals surface area contributed by atoms with Gasteiger partial charge in [-0.3, -0.25) is 4.79 Å². The second kappa shape index (κ2) is 7.26. The van der Waals surface area contributed by atoms with E-state index in [0.29, 0.717) is 25.2 Å². The molecule has 0 aromatic heterocycles. The molecule has 1 N–H and O–H groups in total. The highest BCUT2D eigenvalue weighted by atomic mass is 32.2. The number of sulfone groups is 1. The van der Waals surface area contributed by atoms with Crippen LogP contribution < -0.4 is 5.32 Å². The molecular weight excluding hydrogens is 380 g/mol. The van der Waals surface area contributed by atoms with Gasteiger partial charge in [0.2, 0.25) is 10.0 Å². The number of morpholine rings is 1. The Labute approximate surface area is 153 Å². The summed E-state index contributed by atoms with van der Waals surface area (Å²) >= 11 is 0. The maximum Gasteiger partial charge on any atom is 0.251 e. The van der Waals surface area contributed by atoms with E-state index in [4.69, 9.17) is 4.74 Å². The SMILES string of the molecule is Cc1ccc(C(=O)N[C@@H]2CCS(=O)(=O)C2)cc1S(=O)(=O)N1CCOCC1. The molecular formula is C16H22N2O6S2. The van der Waals surface area contributed by atoms with Gasteiger partial charge >= 0.3 is 0 Å². The predicted molar refractivity (Wildman–Crippen MR) is 95.3 cm³/mol. The number of nitrogens with zero attached hydrogens (tertiary/aromatic N) is 1. The van der Waals surface area contributed by atoms with E-state index in [1.807, 2.05) is 0 Å². The lowest BCUT2D eigenvalue weighted by Crippen LogP contribution is -2.41. The van der Waals surface area contributed by atoms with Gasteiger partial charge in [-0.25, -0.2) is 16.8 Å². The maximum atomic E-state index is 12.9. The summed E-state index contributed by atoms with van der Waals surface area (Å²) in [5.41, 5.74) is 0.753. The molecule has 1 atom stereocenters. The predicted octanol–water partition coefficient (Wildman–Crippen LogP) is -0.0672. The van der Waals surface area contributed by atoms with Crippen LogP contribution in [0.3, 0.4) is 0 Å². The topological polar surface area (TPSA) is 110 Å². The standard InChI is InChI=1S/C16H22N2O6S2/c1-12-2-3-13(16(19)17-14-4-9-25(20,21)11-14)10-15(12)26(22,23)18-5-7-24-8-6-18/h2-3,10,14H,4-9,11H2,1H3,(H,17,19)/t14-/m1/s1. The Morgan fingerprint density at radius 3 is 2.58 bits per heavy atom. The zero-order valence-corrected chi connectivity index (χ0v) is 16.1. The second-order valence-corrected chi connectivity index (χ2v) is 10.7. The molecule has 26 heavy (non-hydrogen) atoms. The third kappa shape index (κ3) is 4.08. The lowest BCUT2D eigenvalue weighted by Gasteiger charge is -2.26. The first-order valence-electron chi connectivity index (χ1n) is 8.39. The minimum atomic E-state index is -3.72. The van der Waals surface area contributed by atoms with Crippen molar-refractivity contribution in [3.8, 4) is 0 Å². The number of sulfonamides is 1. The third-order valence-electron chi connectivity index (χ3n) is 4.61. The van der Waals surface area contributed by atoms with Gasteiger partial charge in [-0.15, -0.1) is 0 Å². The summed E-state index contributed by atoms with van der Waals surface area (Å²) in [7, 11) is -6.82. The van der Waals surface area contributed by atoms with Crippen LogP contribution in [-0.2, 0) is 24.6 Å². The average molecular weight is 402 g/mol. The molecule has 8 nitrogen and oxygen atoms in total. The quantitative estimate of drug-likeness (QED) is 0.755. The molecule has 2 fully saturated rings. The molecule has 10 heteroatoms. The Hall–Kier alpha value is -1.49. The summed E-state index contributed by atoms with van der Waals surface area (Å²) < 4.78 is 55.3. The number of amides is 1. The van der Waals surface area contributed by atoms with Crippen molar-refractivity contribution in [2.75, 3.05) is 37.8 Å². The molecule has 2 aliphatic heterocycles. The monoisotopic (exact) mass is 402 g/mol. The number of hydrogen-bond acceptors (Lipinski definition) is 6. The first kappa shape index (κ1) is 19.3. The number of ether oxygens (including phenoxy) is 1. The number of rotatable bonds is 4. The number of aryl methyl sites for hydroxylation is 1. The van der Waals surface area contributed by atoms with Crippen molar-refractivity contribution in [3.63, 3.8) is 0 Å². The van der Waals surface area contributed by atoms with Crippen molar-refractivity contribution in [1.82, 2.24) is 9.62 Å². The molecule has 0 saturated carbocycles. The molecule has 0 spiro atoms. The van der Waals surface area contributed by atoms with Gasteiger partial charge in [0.05, 0.1) is 29.6 Å². The first-order valence-corrected chi connectivity index (χ1v) is 11.6. The average Bonchev–Trinajstić information content (AvgIpc) is 2.94. The molecule has 144 valence electrons. The lowest BCUT2D eigenvalue weighted by molar-refractivity contribution is 0.0730. The highest BCUT2D eigenvalue weighted by molar-refractivity contribution is 7.91. The largest absolute Gasteiger partial charge is 0.379 e. The smallest absolute Gasteiger partial charge is 0.251 e. The van der Waals surface area contributed by atoms with Gasteiger partial charge in [-0.05, 0) is 31.0 Å². The van der Waals surface area contributed by atoms with Crippen molar-refractivity contribution in [3.05, 3.63) is 29.3 Å². The Kier molecular flexibility index (Phi) is 5.38. The van der Waals surface area contributed by atoms with Gasteiger partial charge in [-0.1, -0.05) is 6.07 Å². The lowest BCUT2D eigenvalue weighted by atomic mass is 10.1. The van der Waals surface area contributed by atoms with E-state index in [1.54, 1.807) is 19.1 Å². The van der Waals surface area contributed by atoms with E-state index < -0.39 is 31.8 Å². The summed E-state index contributed by atoms with van der Waals surface area (Å²) in [5, 5.41) is 2.68. The van der Waals surface area contributed by atoms with Crippen LogP contribution >= 0.6 is 0 Å². The molecule has 1 aromatic rings. The van der Waals surface area contributed by atoms with Crippen LogP contribution in [0.2, 0.25) is 0 Å². The fourth-order valence-electron chi connectivity index (χ4n) is 3.12. The van der Waals surface area contributed by atoms with Crippen molar-refractivity contribution < 1.29 is 26.4 Å². The molecule has 2 heterocycles. The normalized spacial score (nSPS) is 23.7. The van der Waals surface area contributed by atoms with Gasteiger partial charge in [-0.2, -0.15) is 4.31 Å². The van der Waals surface area contributed by atoms with E-state index in [2.05, 4.69) is 5.32 Å². The summed E-state index contributed by atoms with van der Waals surface area (Å²) in [5.74, 6) is -0.489. The summed E-state index contributed by atoms with van der Waals surface area (Å²) in [6, 6.07) is 4.06. The fraction of sp³-hybridized carbons (Fsp3) is 0.562. The zero-order valence-electron chi connectivity index (χ0n) is 14.5. The Morgan fingerprint density at radius 2 is 1.96 bits per heavy atom. The third-order valence-corrected chi connectivity index (χ3v) is 8.41. The van der Waals surface area contributed by atoms with Gasteiger partial charge in [0.25, 0.3) is 5.91 Å². The first-order chi connectivity index (χ1) is 12.2. The van der Waals surface area contributed by atoms with Crippen molar-refractivity contribution in [2.45, 2.75) is 24.3 Å². The van der Waals surface area contributed by atoms with Crippen LogP contribution in [-0.4, -0.2) is 70.9 Å². The van der Waals surface area contributed by atoms with E-state index >= 15 is 0 Å². The van der Waals surface area contributed by atoms with E-state index in [-0.39, 0.29) is 35.1 Å². The number of carbonyl (C=O) groups is 1. The fourth-order valence-corrected chi connectivity index (χ4v) is 6.45. The van der Waals surface area contributed by atoms with Crippen LogP contribution in [0.15, 0.2) is 23.1 Å². The Morgan fingerprint density at radius 1 is 1.27 bits per heavy atom. The molecule has 1 aromatic carbocycles. The van der Waals surface area contributed by atoms with Crippen molar-refractivity contribution in [2.24, 2.45) is 0 Å². The zero-order chi connectivity index (χ0) is 18.9. The van der Waals surface area contributed by atoms with Crippen LogP contribution in [0, 0.1) is 6.92 Å². The number of hydrogen-bond donors (Lipinski definition) is 1. The summed E-state index contributed by atoms with van der Waals surface area (Å²) in [6.07, 6.45) is 0.374. The van der Waals surface area contributed by atoms with Crippen LogP contribution in [0.1, 0.15) is 22.3 Å². The number of carbonyl (C=O) groups excluding carboxylic acids is 1. The van der Waals surface area contributed by atoms with E-state index in [9.17, 15) is 21.6 Å². The molecule has 0 bridgehead atoms. The van der Waals surface area contributed by atoms with Gasteiger partial charge < -0.3 is 10.1 Å². The highest BCUT2D eigenvalue weighted by Crippen LogP contribution is 2.22. The molecule has 0 radical (unpaired) electrons. The summed E-state index contributed by atoms with van der Waals surface area (Å²) in [4.78, 5) is 12.5. The molecule has 0 aliphatic carbocycles. The molecule has 0 unspecified atom stereocenters. The molecule has 2 saturated heterocycles. The second-order valence-electron chi connectivity index (χ2n) is 6.57. The van der Waals surface area contributed by atoms with E-state index in [1.165, 1.54) is 10.4 Å². The van der Waals surface area contributed by atoms with Crippen molar-refractivity contribution >= 4 is 25.8 Å². The summed E-state index contributed by atoms with van der Waals surface area (Å²) in [6.45, 7) is 2.91. The van der Waals surface area contributed by atoms with Gasteiger partial charge in [0.1, 0.15) is 0 Å². The van der Waals surface area contributed by atoms with Crippen LogP contribution in [0.4, 0.5) is 0 Å². The minimum Gasteiger partial charge on any atom is -0.379 e. The Balaban J connectivity index is 1.82. The molecule has 3 rings (SSSR count). The van der Waals surface area contributed by atoms with Gasteiger partial charge in [0.15, 0.2) is 9.84 Å². The van der Waals surface area contributed by atoms with E-state index in [0.717, 1.165) is 0 Å². The minimum absolute atomic E-state index is 0.0580. The number of benzene rings is 1. The number of nitrogens with one attached hydrogen (secondary N) is 1. The maximum absolute atomic E-state index is 12.9. The Bertz CT molecular complexity index is 905. The van der Waals surface area contributed by atoms with Crippen molar-refractivity contribution in [1.29, 1.82) is 0 Å². The van der Waals surface area contributed by atoms with Crippen LogP contribution in [0.25, 0.3) is 0 Å². The van der Waals surface area contributed by atoms with Gasteiger partial charge in [0, 0.05) is 24.7 Å². The molecule has 1 amide bonds.